The standard InChI is InChI=1S/C18H21N3O3/c1-13-14(2)24-18(16(13)11-19)20-17(22)12-21(3)9-10-23-15-7-5-4-6-8-15/h4-8H,9-10,12H2,1-3H3,(H,20,22). The van der Waals surface area contributed by atoms with Crippen LogP contribution in [0.5, 0.6) is 5.75 Å². The van der Waals surface area contributed by atoms with Gasteiger partial charge < -0.3 is 9.15 Å². The number of likely N-dealkylation sites (N-methyl/N-ethyl adjacent to an activating group) is 1. The van der Waals surface area contributed by atoms with Crippen molar-refractivity contribution in [2.45, 2.75) is 13.8 Å². The number of hydrogen-bond acceptors (Lipinski definition) is 5. The van der Waals surface area contributed by atoms with Crippen LogP contribution in [0.25, 0.3) is 0 Å². The molecule has 0 radical (unpaired) electrons. The SMILES string of the molecule is Cc1oc(NC(=O)CN(C)CCOc2ccccc2)c(C#N)c1C. The lowest BCUT2D eigenvalue weighted by Gasteiger charge is -2.16. The van der Waals surface area contributed by atoms with Gasteiger partial charge in [-0.3, -0.25) is 15.0 Å². The van der Waals surface area contributed by atoms with E-state index in [1.54, 1.807) is 13.8 Å². The van der Waals surface area contributed by atoms with Crippen LogP contribution < -0.4 is 10.1 Å². The molecule has 0 bridgehead atoms. The number of nitriles is 1. The lowest BCUT2D eigenvalue weighted by molar-refractivity contribution is -0.117. The van der Waals surface area contributed by atoms with E-state index < -0.39 is 0 Å². The van der Waals surface area contributed by atoms with Gasteiger partial charge in [0.2, 0.25) is 11.8 Å². The first kappa shape index (κ1) is 17.6. The number of benzene rings is 1. The first-order valence-corrected chi connectivity index (χ1v) is 7.67. The van der Waals surface area contributed by atoms with E-state index in [-0.39, 0.29) is 18.3 Å². The topological polar surface area (TPSA) is 78.5 Å². The number of furan rings is 1. The van der Waals surface area contributed by atoms with Gasteiger partial charge in [-0.1, -0.05) is 18.2 Å². The molecule has 0 saturated heterocycles. The smallest absolute Gasteiger partial charge is 0.240 e. The summed E-state index contributed by atoms with van der Waals surface area (Å²) in [4.78, 5) is 13.9. The molecule has 0 aliphatic rings. The summed E-state index contributed by atoms with van der Waals surface area (Å²) in [7, 11) is 1.83. The summed E-state index contributed by atoms with van der Waals surface area (Å²) in [5.41, 5.74) is 1.12. The molecule has 0 saturated carbocycles. The molecule has 0 unspecified atom stereocenters. The summed E-state index contributed by atoms with van der Waals surface area (Å²) in [5, 5.41) is 11.8. The van der Waals surface area contributed by atoms with Gasteiger partial charge in [0, 0.05) is 12.1 Å². The molecule has 1 heterocycles. The Kier molecular flexibility index (Phi) is 5.99. The van der Waals surface area contributed by atoms with Gasteiger partial charge >= 0.3 is 0 Å². The minimum Gasteiger partial charge on any atom is -0.492 e. The number of hydrogen-bond donors (Lipinski definition) is 1. The summed E-state index contributed by atoms with van der Waals surface area (Å²) >= 11 is 0. The van der Waals surface area contributed by atoms with Gasteiger partial charge in [-0.25, -0.2) is 0 Å². The Labute approximate surface area is 141 Å². The fraction of sp³-hybridized carbons (Fsp3) is 0.333. The van der Waals surface area contributed by atoms with Crippen molar-refractivity contribution in [1.29, 1.82) is 5.26 Å². The van der Waals surface area contributed by atoms with Crippen molar-refractivity contribution in [2.24, 2.45) is 0 Å². The Morgan fingerprint density at radius 1 is 1.33 bits per heavy atom. The maximum Gasteiger partial charge on any atom is 0.240 e. The van der Waals surface area contributed by atoms with Crippen LogP contribution in [0.3, 0.4) is 0 Å². The quantitative estimate of drug-likeness (QED) is 0.846. The van der Waals surface area contributed by atoms with Crippen molar-refractivity contribution in [3.8, 4) is 11.8 Å². The second kappa shape index (κ2) is 8.18. The minimum atomic E-state index is -0.234. The molecule has 1 N–H and O–H groups in total. The molecule has 1 aromatic carbocycles. The van der Waals surface area contributed by atoms with Crippen LogP contribution >= 0.6 is 0 Å². The molecule has 0 atom stereocenters. The average molecular weight is 327 g/mol. The lowest BCUT2D eigenvalue weighted by Crippen LogP contribution is -2.33. The zero-order valence-corrected chi connectivity index (χ0v) is 14.1. The van der Waals surface area contributed by atoms with Crippen LogP contribution in [-0.4, -0.2) is 37.6 Å². The number of nitrogens with zero attached hydrogens (tertiary/aromatic N) is 2. The van der Waals surface area contributed by atoms with E-state index in [1.165, 1.54) is 0 Å². The Morgan fingerprint density at radius 2 is 2.04 bits per heavy atom. The number of amides is 1. The third-order valence-corrected chi connectivity index (χ3v) is 3.65. The van der Waals surface area contributed by atoms with Gasteiger partial charge in [0.05, 0.1) is 6.54 Å². The summed E-state index contributed by atoms with van der Waals surface area (Å²) in [6, 6.07) is 11.6. The fourth-order valence-electron chi connectivity index (χ4n) is 2.18. The number of nitrogens with one attached hydrogen (secondary N) is 1. The molecule has 1 amide bonds. The van der Waals surface area contributed by atoms with Crippen molar-refractivity contribution in [2.75, 3.05) is 32.1 Å². The summed E-state index contributed by atoms with van der Waals surface area (Å²) < 4.78 is 11.0. The number of rotatable bonds is 7. The van der Waals surface area contributed by atoms with Crippen LogP contribution in [0.4, 0.5) is 5.88 Å². The Bertz CT molecular complexity index is 732. The molecule has 6 heteroatoms. The van der Waals surface area contributed by atoms with E-state index in [0.29, 0.717) is 24.5 Å². The molecule has 0 aliphatic carbocycles. The van der Waals surface area contributed by atoms with Crippen LogP contribution in [-0.2, 0) is 4.79 Å². The number of aryl methyl sites for hydroxylation is 1. The molecule has 1 aromatic heterocycles. The van der Waals surface area contributed by atoms with E-state index >= 15 is 0 Å². The van der Waals surface area contributed by atoms with Crippen LogP contribution in [0.15, 0.2) is 34.7 Å². The molecule has 0 spiro atoms. The maximum absolute atomic E-state index is 12.1. The first-order chi connectivity index (χ1) is 11.5. The molecular formula is C18H21N3O3. The molecule has 0 fully saturated rings. The van der Waals surface area contributed by atoms with Crippen LogP contribution in [0.1, 0.15) is 16.9 Å². The first-order valence-electron chi connectivity index (χ1n) is 7.67. The molecule has 24 heavy (non-hydrogen) atoms. The van der Waals surface area contributed by atoms with E-state index in [0.717, 1.165) is 11.3 Å². The summed E-state index contributed by atoms with van der Waals surface area (Å²) in [6.07, 6.45) is 0. The van der Waals surface area contributed by atoms with Gasteiger partial charge in [0.1, 0.15) is 29.7 Å². The maximum atomic E-state index is 12.1. The predicted molar refractivity (Wildman–Crippen MR) is 91.0 cm³/mol. The largest absolute Gasteiger partial charge is 0.492 e. The normalized spacial score (nSPS) is 10.5. The molecule has 2 rings (SSSR count). The van der Waals surface area contributed by atoms with Gasteiger partial charge in [0.15, 0.2) is 0 Å². The predicted octanol–water partition coefficient (Wildman–Crippen LogP) is 2.72. The Morgan fingerprint density at radius 3 is 2.71 bits per heavy atom. The van der Waals surface area contributed by atoms with E-state index in [2.05, 4.69) is 11.4 Å². The van der Waals surface area contributed by atoms with Crippen LogP contribution in [0, 0.1) is 25.2 Å². The molecule has 6 nitrogen and oxygen atoms in total. The minimum absolute atomic E-state index is 0.182. The van der Waals surface area contributed by atoms with Crippen LogP contribution in [0.2, 0.25) is 0 Å². The Hall–Kier alpha value is -2.78. The fourth-order valence-corrected chi connectivity index (χ4v) is 2.18. The lowest BCUT2D eigenvalue weighted by atomic mass is 10.2. The highest BCUT2D eigenvalue weighted by atomic mass is 16.5. The highest BCUT2D eigenvalue weighted by Crippen LogP contribution is 2.25. The molecular weight excluding hydrogens is 306 g/mol. The van der Waals surface area contributed by atoms with Gasteiger partial charge in [0.25, 0.3) is 0 Å². The highest BCUT2D eigenvalue weighted by molar-refractivity contribution is 5.92. The number of carbonyl (C=O) groups excluding carboxylic acids is 1. The number of carbonyl (C=O) groups is 1. The third kappa shape index (κ3) is 4.61. The zero-order chi connectivity index (χ0) is 17.5. The summed E-state index contributed by atoms with van der Waals surface area (Å²) in [5.74, 6) is 1.41. The monoisotopic (exact) mass is 327 g/mol. The number of para-hydroxylation sites is 1. The summed E-state index contributed by atoms with van der Waals surface area (Å²) in [6.45, 7) is 4.82. The van der Waals surface area contributed by atoms with Gasteiger partial charge in [-0.05, 0) is 33.0 Å². The van der Waals surface area contributed by atoms with Gasteiger partial charge in [-0.2, -0.15) is 5.26 Å². The van der Waals surface area contributed by atoms with E-state index in [9.17, 15) is 4.79 Å². The van der Waals surface area contributed by atoms with Crippen molar-refractivity contribution < 1.29 is 13.9 Å². The highest BCUT2D eigenvalue weighted by Gasteiger charge is 2.17. The molecule has 0 aliphatic heterocycles. The third-order valence-electron chi connectivity index (χ3n) is 3.65. The molecule has 126 valence electrons. The van der Waals surface area contributed by atoms with Crippen molar-refractivity contribution in [1.82, 2.24) is 4.90 Å². The molecule has 2 aromatic rings. The number of anilines is 1. The van der Waals surface area contributed by atoms with Crippen molar-refractivity contribution >= 4 is 11.8 Å². The second-order valence-electron chi connectivity index (χ2n) is 5.55. The van der Waals surface area contributed by atoms with Crippen molar-refractivity contribution in [3.05, 3.63) is 47.2 Å². The number of ether oxygens (including phenoxy) is 1. The van der Waals surface area contributed by atoms with Crippen molar-refractivity contribution in [3.63, 3.8) is 0 Å². The average Bonchev–Trinajstić information content (AvgIpc) is 2.81. The Balaban J connectivity index is 1.80. The second-order valence-corrected chi connectivity index (χ2v) is 5.55. The van der Waals surface area contributed by atoms with Gasteiger partial charge in [-0.15, -0.1) is 0 Å². The van der Waals surface area contributed by atoms with E-state index in [4.69, 9.17) is 14.4 Å². The van der Waals surface area contributed by atoms with E-state index in [1.807, 2.05) is 42.3 Å². The zero-order valence-electron chi connectivity index (χ0n) is 14.1.